The zero-order valence-corrected chi connectivity index (χ0v) is 25.4. The van der Waals surface area contributed by atoms with Crippen molar-refractivity contribution in [3.8, 4) is 67.8 Å². The van der Waals surface area contributed by atoms with E-state index in [1.807, 2.05) is 42.5 Å². The van der Waals surface area contributed by atoms with E-state index in [-0.39, 0.29) is 0 Å². The highest BCUT2D eigenvalue weighted by molar-refractivity contribution is 5.97. The number of nitriles is 2. The second-order valence-electron chi connectivity index (χ2n) is 12.3. The Labute approximate surface area is 274 Å². The van der Waals surface area contributed by atoms with Gasteiger partial charge in [0.15, 0.2) is 0 Å². The third-order valence-corrected chi connectivity index (χ3v) is 9.97. The van der Waals surface area contributed by atoms with Gasteiger partial charge in [0.2, 0.25) is 0 Å². The number of hydrogen-bond donors (Lipinski definition) is 0. The minimum atomic E-state index is -0.515. The molecule has 0 atom stereocenters. The van der Waals surface area contributed by atoms with E-state index < -0.39 is 5.41 Å². The Morgan fingerprint density at radius 2 is 0.872 bits per heavy atom. The van der Waals surface area contributed by atoms with Gasteiger partial charge in [0.25, 0.3) is 0 Å². The summed E-state index contributed by atoms with van der Waals surface area (Å²) in [5.74, 6) is 0. The van der Waals surface area contributed by atoms with Crippen molar-refractivity contribution < 1.29 is 0 Å². The van der Waals surface area contributed by atoms with Crippen LogP contribution >= 0.6 is 0 Å². The van der Waals surface area contributed by atoms with Gasteiger partial charge in [-0.3, -0.25) is 0 Å². The molecule has 216 valence electrons. The highest BCUT2D eigenvalue weighted by Gasteiger charge is 2.51. The average Bonchev–Trinajstić information content (AvgIpc) is 3.61. The maximum Gasteiger partial charge on any atom is 0.100 e. The van der Waals surface area contributed by atoms with E-state index in [2.05, 4.69) is 127 Å². The predicted octanol–water partition coefficient (Wildman–Crippen LogP) is 10.8. The molecule has 0 unspecified atom stereocenters. The monoisotopic (exact) mass is 594 g/mol. The van der Waals surface area contributed by atoms with Crippen molar-refractivity contribution in [3.63, 3.8) is 0 Å². The molecule has 0 saturated carbocycles. The summed E-state index contributed by atoms with van der Waals surface area (Å²) in [4.78, 5) is 0. The van der Waals surface area contributed by atoms with E-state index >= 15 is 0 Å². The molecule has 9 rings (SSSR count). The Morgan fingerprint density at radius 3 is 1.45 bits per heavy atom. The van der Waals surface area contributed by atoms with Crippen LogP contribution in [0.2, 0.25) is 0 Å². The summed E-state index contributed by atoms with van der Waals surface area (Å²) in [5, 5.41) is 20.4. The van der Waals surface area contributed by atoms with E-state index in [1.54, 1.807) is 0 Å². The number of hydrogen-bond acceptors (Lipinski definition) is 2. The van der Waals surface area contributed by atoms with Crippen LogP contribution in [0.4, 0.5) is 0 Å². The standard InChI is InChI=1S/C45H26N2/c46-27-29-19-22-43-39(23-29)36-21-20-32(26-44(36)45(43)41-17-9-7-15-34(41)35-16-8-10-18-42(35)45)33-24-37(30-11-3-1-4-12-30)40(28-47)38(25-33)31-13-5-2-6-14-31/h1-26H. The highest BCUT2D eigenvalue weighted by atomic mass is 14.5. The van der Waals surface area contributed by atoms with Gasteiger partial charge in [-0.05, 0) is 97.1 Å². The summed E-state index contributed by atoms with van der Waals surface area (Å²) in [6, 6.07) is 60.1. The average molecular weight is 595 g/mol. The van der Waals surface area contributed by atoms with Gasteiger partial charge in [0.05, 0.1) is 22.6 Å². The van der Waals surface area contributed by atoms with Crippen LogP contribution in [0.3, 0.4) is 0 Å². The molecule has 0 amide bonds. The highest BCUT2D eigenvalue weighted by Crippen LogP contribution is 2.63. The fourth-order valence-corrected chi connectivity index (χ4v) is 8.01. The summed E-state index contributed by atoms with van der Waals surface area (Å²) in [6.07, 6.45) is 0. The Hall–Kier alpha value is -6.48. The van der Waals surface area contributed by atoms with Gasteiger partial charge < -0.3 is 0 Å². The van der Waals surface area contributed by atoms with E-state index in [0.717, 1.165) is 44.5 Å². The van der Waals surface area contributed by atoms with E-state index in [0.29, 0.717) is 11.1 Å². The molecule has 0 heterocycles. The van der Waals surface area contributed by atoms with Gasteiger partial charge in [-0.15, -0.1) is 0 Å². The third kappa shape index (κ3) is 3.77. The first-order valence-electron chi connectivity index (χ1n) is 15.8. The molecular weight excluding hydrogens is 569 g/mol. The van der Waals surface area contributed by atoms with E-state index in [9.17, 15) is 10.5 Å². The Kier molecular flexibility index (Phi) is 5.88. The first-order valence-corrected chi connectivity index (χ1v) is 15.8. The second kappa shape index (κ2) is 10.3. The quantitative estimate of drug-likeness (QED) is 0.204. The molecule has 2 aliphatic rings. The minimum Gasteiger partial charge on any atom is -0.192 e. The zero-order chi connectivity index (χ0) is 31.5. The van der Waals surface area contributed by atoms with Crippen molar-refractivity contribution in [2.75, 3.05) is 0 Å². The topological polar surface area (TPSA) is 47.6 Å². The van der Waals surface area contributed by atoms with Crippen molar-refractivity contribution in [2.45, 2.75) is 5.41 Å². The molecule has 0 fully saturated rings. The van der Waals surface area contributed by atoms with Crippen LogP contribution < -0.4 is 0 Å². The Balaban J connectivity index is 1.36. The van der Waals surface area contributed by atoms with Crippen LogP contribution in [-0.4, -0.2) is 0 Å². The van der Waals surface area contributed by atoms with Crippen LogP contribution in [0.5, 0.6) is 0 Å². The SMILES string of the molecule is N#Cc1ccc2c(c1)-c1ccc(-c3cc(-c4ccccc4)c(C#N)c(-c4ccccc4)c3)cc1C21c2ccccc2-c2ccccc21. The number of benzene rings is 7. The lowest BCUT2D eigenvalue weighted by Crippen LogP contribution is -2.25. The molecule has 47 heavy (non-hydrogen) atoms. The smallest absolute Gasteiger partial charge is 0.100 e. The summed E-state index contributed by atoms with van der Waals surface area (Å²) >= 11 is 0. The van der Waals surface area contributed by atoms with Crippen molar-refractivity contribution in [1.82, 2.24) is 0 Å². The zero-order valence-electron chi connectivity index (χ0n) is 25.4. The molecule has 1 spiro atoms. The maximum absolute atomic E-state index is 10.5. The van der Waals surface area contributed by atoms with Crippen LogP contribution in [0.1, 0.15) is 33.4 Å². The minimum absolute atomic E-state index is 0.515. The van der Waals surface area contributed by atoms with Gasteiger partial charge in [0.1, 0.15) is 6.07 Å². The molecule has 2 nitrogen and oxygen atoms in total. The fourth-order valence-electron chi connectivity index (χ4n) is 8.01. The van der Waals surface area contributed by atoms with E-state index in [4.69, 9.17) is 0 Å². The normalized spacial score (nSPS) is 12.8. The number of nitrogens with zero attached hydrogens (tertiary/aromatic N) is 2. The first-order chi connectivity index (χ1) is 23.2. The Morgan fingerprint density at radius 1 is 0.340 bits per heavy atom. The molecule has 0 bridgehead atoms. The van der Waals surface area contributed by atoms with Crippen LogP contribution in [0, 0.1) is 22.7 Å². The molecule has 2 heteroatoms. The van der Waals surface area contributed by atoms with Crippen molar-refractivity contribution in [1.29, 1.82) is 10.5 Å². The molecule has 7 aromatic rings. The van der Waals surface area contributed by atoms with Gasteiger partial charge in [-0.1, -0.05) is 127 Å². The second-order valence-corrected chi connectivity index (χ2v) is 12.3. The molecule has 7 aromatic carbocycles. The maximum atomic E-state index is 10.5. The lowest BCUT2D eigenvalue weighted by Gasteiger charge is -2.30. The van der Waals surface area contributed by atoms with E-state index in [1.165, 1.54) is 33.4 Å². The first kappa shape index (κ1) is 26.9. The summed E-state index contributed by atoms with van der Waals surface area (Å²) < 4.78 is 0. The number of fused-ring (bicyclic) bond motifs is 10. The summed E-state index contributed by atoms with van der Waals surface area (Å²) in [5.41, 5.74) is 16.5. The van der Waals surface area contributed by atoms with Crippen molar-refractivity contribution in [3.05, 3.63) is 191 Å². The molecule has 0 saturated heterocycles. The van der Waals surface area contributed by atoms with Gasteiger partial charge in [0, 0.05) is 11.1 Å². The number of rotatable bonds is 3. The summed E-state index contributed by atoms with van der Waals surface area (Å²) in [7, 11) is 0. The predicted molar refractivity (Wildman–Crippen MR) is 188 cm³/mol. The van der Waals surface area contributed by atoms with Gasteiger partial charge in [-0.2, -0.15) is 10.5 Å². The molecule has 0 N–H and O–H groups in total. The Bertz CT molecular complexity index is 2370. The molecule has 0 aromatic heterocycles. The van der Waals surface area contributed by atoms with Crippen LogP contribution in [0.15, 0.2) is 158 Å². The lowest BCUT2D eigenvalue weighted by molar-refractivity contribution is 0.794. The molecular formula is C45H26N2. The third-order valence-electron chi connectivity index (χ3n) is 9.97. The largest absolute Gasteiger partial charge is 0.192 e. The fraction of sp³-hybridized carbons (Fsp3) is 0.0222. The van der Waals surface area contributed by atoms with Gasteiger partial charge >= 0.3 is 0 Å². The van der Waals surface area contributed by atoms with Crippen LogP contribution in [0.25, 0.3) is 55.6 Å². The van der Waals surface area contributed by atoms with Crippen LogP contribution in [-0.2, 0) is 5.41 Å². The van der Waals surface area contributed by atoms with Gasteiger partial charge in [-0.25, -0.2) is 0 Å². The molecule has 0 radical (unpaired) electrons. The lowest BCUT2D eigenvalue weighted by atomic mass is 9.70. The molecule has 2 aliphatic carbocycles. The van der Waals surface area contributed by atoms with Crippen molar-refractivity contribution in [2.24, 2.45) is 0 Å². The molecule has 0 aliphatic heterocycles. The summed E-state index contributed by atoms with van der Waals surface area (Å²) in [6.45, 7) is 0. The van der Waals surface area contributed by atoms with Crippen molar-refractivity contribution >= 4 is 0 Å².